The first kappa shape index (κ1) is 15.4. The molecule has 1 saturated carbocycles. The summed E-state index contributed by atoms with van der Waals surface area (Å²) in [6, 6.07) is 8.37. The highest BCUT2D eigenvalue weighted by Gasteiger charge is 2.68. The minimum atomic E-state index is -4.27. The third kappa shape index (κ3) is 2.05. The van der Waals surface area contributed by atoms with E-state index >= 15 is 0 Å². The second-order valence-electron chi connectivity index (χ2n) is 6.54. The van der Waals surface area contributed by atoms with Crippen molar-refractivity contribution in [2.75, 3.05) is 13.1 Å². The molecule has 2 fully saturated rings. The Morgan fingerprint density at radius 3 is 2.18 bits per heavy atom. The maximum atomic E-state index is 14.2. The fourth-order valence-corrected chi connectivity index (χ4v) is 4.68. The van der Waals surface area contributed by atoms with Gasteiger partial charge in [0.25, 0.3) is 0 Å². The van der Waals surface area contributed by atoms with Gasteiger partial charge in [0.15, 0.2) is 0 Å². The van der Waals surface area contributed by atoms with Crippen molar-refractivity contribution in [2.45, 2.75) is 43.7 Å². The van der Waals surface area contributed by atoms with Gasteiger partial charge >= 0.3 is 6.18 Å². The third-order valence-corrected chi connectivity index (χ3v) is 5.77. The van der Waals surface area contributed by atoms with Gasteiger partial charge in [-0.3, -0.25) is 4.79 Å². The summed E-state index contributed by atoms with van der Waals surface area (Å²) in [5.41, 5.74) is -2.15. The molecule has 2 aliphatic rings. The van der Waals surface area contributed by atoms with Crippen LogP contribution in [-0.4, -0.2) is 30.6 Å². The van der Waals surface area contributed by atoms with Crippen molar-refractivity contribution in [1.29, 1.82) is 0 Å². The zero-order valence-corrected chi connectivity index (χ0v) is 12.4. The molecule has 1 saturated heterocycles. The van der Waals surface area contributed by atoms with Gasteiger partial charge in [-0.15, -0.1) is 0 Å². The van der Waals surface area contributed by atoms with Crippen LogP contribution in [0.25, 0.3) is 0 Å². The summed E-state index contributed by atoms with van der Waals surface area (Å²) in [6.07, 6.45) is -1.32. The molecule has 1 amide bonds. The van der Waals surface area contributed by atoms with E-state index in [1.54, 1.807) is 35.2 Å². The van der Waals surface area contributed by atoms with Crippen LogP contribution >= 0.6 is 0 Å². The lowest BCUT2D eigenvalue weighted by Gasteiger charge is -2.51. The molecule has 0 bridgehead atoms. The highest BCUT2D eigenvalue weighted by atomic mass is 19.4. The number of halogens is 3. The van der Waals surface area contributed by atoms with E-state index in [-0.39, 0.29) is 6.42 Å². The van der Waals surface area contributed by atoms with E-state index in [0.717, 1.165) is 6.41 Å². The molecule has 120 valence electrons. The van der Waals surface area contributed by atoms with E-state index < -0.39 is 17.0 Å². The van der Waals surface area contributed by atoms with Crippen LogP contribution in [-0.2, 0) is 10.2 Å². The van der Waals surface area contributed by atoms with Crippen LogP contribution in [0.15, 0.2) is 30.3 Å². The van der Waals surface area contributed by atoms with E-state index in [1.807, 2.05) is 0 Å². The van der Waals surface area contributed by atoms with Gasteiger partial charge in [-0.1, -0.05) is 36.8 Å². The van der Waals surface area contributed by atoms with Crippen LogP contribution in [0.2, 0.25) is 0 Å². The van der Waals surface area contributed by atoms with Gasteiger partial charge < -0.3 is 4.90 Å². The largest absolute Gasteiger partial charge is 0.398 e. The van der Waals surface area contributed by atoms with Gasteiger partial charge in [0.1, 0.15) is 0 Å². The van der Waals surface area contributed by atoms with Crippen LogP contribution < -0.4 is 0 Å². The van der Waals surface area contributed by atoms with Crippen molar-refractivity contribution in [2.24, 2.45) is 5.41 Å². The lowest BCUT2D eigenvalue weighted by Crippen LogP contribution is -2.56. The number of likely N-dealkylation sites (tertiary alicyclic amines) is 1. The van der Waals surface area contributed by atoms with E-state index in [0.29, 0.717) is 44.3 Å². The second kappa shape index (κ2) is 5.28. The molecule has 0 aromatic heterocycles. The smallest absolute Gasteiger partial charge is 0.345 e. The lowest BCUT2D eigenvalue weighted by molar-refractivity contribution is -0.225. The fraction of sp³-hybridized carbons (Fsp3) is 0.588. The van der Waals surface area contributed by atoms with Crippen LogP contribution in [0.1, 0.15) is 37.7 Å². The van der Waals surface area contributed by atoms with Crippen molar-refractivity contribution in [3.05, 3.63) is 35.9 Å². The third-order valence-electron chi connectivity index (χ3n) is 5.77. The molecule has 5 heteroatoms. The SMILES string of the molecule is O=CN1CCC2(CCCC2(c2ccccc2)C(F)(F)F)CC1. The quantitative estimate of drug-likeness (QED) is 0.758. The zero-order valence-electron chi connectivity index (χ0n) is 12.4. The normalized spacial score (nSPS) is 28.0. The number of carbonyl (C=O) groups is 1. The topological polar surface area (TPSA) is 20.3 Å². The van der Waals surface area contributed by atoms with Crippen LogP contribution in [0.3, 0.4) is 0 Å². The van der Waals surface area contributed by atoms with Gasteiger partial charge in [0, 0.05) is 13.1 Å². The lowest BCUT2D eigenvalue weighted by atomic mass is 9.57. The fourth-order valence-electron chi connectivity index (χ4n) is 4.68. The van der Waals surface area contributed by atoms with Crippen molar-refractivity contribution < 1.29 is 18.0 Å². The molecule has 22 heavy (non-hydrogen) atoms. The Hall–Kier alpha value is -1.52. The monoisotopic (exact) mass is 311 g/mol. The molecule has 1 spiro atoms. The standard InChI is InChI=1S/C17H20F3NO/c18-17(19,20)16(14-5-2-1-3-6-14)8-4-7-15(16)9-11-21(13-22)12-10-15/h1-3,5-6,13H,4,7-12H2. The Morgan fingerprint density at radius 1 is 1.00 bits per heavy atom. The number of hydrogen-bond donors (Lipinski definition) is 0. The number of rotatable bonds is 2. The number of amides is 1. The molecule has 1 aromatic rings. The van der Waals surface area contributed by atoms with E-state index in [2.05, 4.69) is 0 Å². The average molecular weight is 311 g/mol. The van der Waals surface area contributed by atoms with Gasteiger partial charge in [-0.05, 0) is 36.7 Å². The summed E-state index contributed by atoms with van der Waals surface area (Å²) in [6.45, 7) is 0.850. The van der Waals surface area contributed by atoms with Crippen LogP contribution in [0.5, 0.6) is 0 Å². The Bertz CT molecular complexity index is 535. The molecular formula is C17H20F3NO. The Morgan fingerprint density at radius 2 is 1.64 bits per heavy atom. The van der Waals surface area contributed by atoms with Gasteiger partial charge in [0.05, 0.1) is 5.41 Å². The summed E-state index contributed by atoms with van der Waals surface area (Å²) >= 11 is 0. The zero-order chi connectivity index (χ0) is 15.8. The average Bonchev–Trinajstić information content (AvgIpc) is 2.89. The van der Waals surface area contributed by atoms with Gasteiger partial charge in [0.2, 0.25) is 6.41 Å². The molecule has 1 aromatic carbocycles. The molecule has 0 N–H and O–H groups in total. The molecule has 3 rings (SSSR count). The van der Waals surface area contributed by atoms with Crippen LogP contribution in [0, 0.1) is 5.41 Å². The number of hydrogen-bond acceptors (Lipinski definition) is 1. The summed E-state index contributed by atoms with van der Waals surface area (Å²) in [4.78, 5) is 12.5. The summed E-state index contributed by atoms with van der Waals surface area (Å²) in [5.74, 6) is 0. The molecule has 1 heterocycles. The predicted molar refractivity (Wildman–Crippen MR) is 77.3 cm³/mol. The van der Waals surface area contributed by atoms with Crippen LogP contribution in [0.4, 0.5) is 13.2 Å². The predicted octanol–water partition coefficient (Wildman–Crippen LogP) is 3.91. The number of nitrogens with zero attached hydrogens (tertiary/aromatic N) is 1. The van der Waals surface area contributed by atoms with Crippen molar-refractivity contribution in [3.63, 3.8) is 0 Å². The first-order valence-corrected chi connectivity index (χ1v) is 7.77. The first-order chi connectivity index (χ1) is 10.5. The van der Waals surface area contributed by atoms with E-state index in [4.69, 9.17) is 0 Å². The maximum absolute atomic E-state index is 14.2. The molecular weight excluding hydrogens is 291 g/mol. The molecule has 2 nitrogen and oxygen atoms in total. The van der Waals surface area contributed by atoms with Gasteiger partial charge in [-0.2, -0.15) is 13.2 Å². The van der Waals surface area contributed by atoms with Crippen molar-refractivity contribution in [1.82, 2.24) is 4.90 Å². The van der Waals surface area contributed by atoms with Crippen molar-refractivity contribution >= 4 is 6.41 Å². The van der Waals surface area contributed by atoms with Crippen molar-refractivity contribution in [3.8, 4) is 0 Å². The van der Waals surface area contributed by atoms with E-state index in [1.165, 1.54) is 0 Å². The summed E-state index contributed by atoms with van der Waals surface area (Å²) < 4.78 is 42.7. The highest BCUT2D eigenvalue weighted by molar-refractivity contribution is 5.47. The van der Waals surface area contributed by atoms with Gasteiger partial charge in [-0.25, -0.2) is 0 Å². The second-order valence-corrected chi connectivity index (χ2v) is 6.54. The number of alkyl halides is 3. The number of carbonyl (C=O) groups excluding carboxylic acids is 1. The maximum Gasteiger partial charge on any atom is 0.398 e. The minimum Gasteiger partial charge on any atom is -0.345 e. The molecule has 1 atom stereocenters. The number of piperidine rings is 1. The molecule has 1 unspecified atom stereocenters. The highest BCUT2D eigenvalue weighted by Crippen LogP contribution is 2.65. The Balaban J connectivity index is 2.08. The summed E-state index contributed by atoms with van der Waals surface area (Å²) in [5, 5.41) is 0. The number of benzene rings is 1. The molecule has 0 radical (unpaired) electrons. The summed E-state index contributed by atoms with van der Waals surface area (Å²) in [7, 11) is 0. The first-order valence-electron chi connectivity index (χ1n) is 7.77. The Labute approximate surface area is 128 Å². The van der Waals surface area contributed by atoms with E-state index in [9.17, 15) is 18.0 Å². The Kier molecular flexibility index (Phi) is 3.69. The molecule has 1 aliphatic heterocycles. The minimum absolute atomic E-state index is 0.154. The molecule has 1 aliphatic carbocycles.